The van der Waals surface area contributed by atoms with E-state index in [2.05, 4.69) is 18.6 Å². The van der Waals surface area contributed by atoms with Crippen molar-refractivity contribution >= 4 is 11.8 Å². The summed E-state index contributed by atoms with van der Waals surface area (Å²) in [5, 5.41) is 20.7. The van der Waals surface area contributed by atoms with Gasteiger partial charge in [0.25, 0.3) is 0 Å². The monoisotopic (exact) mass is 368 g/mol. The summed E-state index contributed by atoms with van der Waals surface area (Å²) in [6, 6.07) is 0. The number of ketones is 1. The summed E-state index contributed by atoms with van der Waals surface area (Å²) < 4.78 is 4.60. The molecule has 0 unspecified atom stereocenters. The molecule has 0 rings (SSSR count). The molecule has 0 aromatic rings. The molecule has 26 heavy (non-hydrogen) atoms. The van der Waals surface area contributed by atoms with Gasteiger partial charge < -0.3 is 19.7 Å². The van der Waals surface area contributed by atoms with E-state index >= 15 is 0 Å². The van der Waals surface area contributed by atoms with Gasteiger partial charge in [0.2, 0.25) is 0 Å². The Balaban J connectivity index is 4.72. The molecule has 0 fully saturated rings. The highest BCUT2D eigenvalue weighted by atomic mass is 16.5. The van der Waals surface area contributed by atoms with E-state index in [1.807, 2.05) is 13.0 Å². The van der Waals surface area contributed by atoms with Crippen molar-refractivity contribution in [3.05, 3.63) is 23.8 Å². The number of methoxy groups -OCH3 is 1. The van der Waals surface area contributed by atoms with Gasteiger partial charge in [-0.1, -0.05) is 37.6 Å². The lowest BCUT2D eigenvalue weighted by Gasteiger charge is -2.24. The first-order valence-electron chi connectivity index (χ1n) is 9.30. The fraction of sp³-hybridized carbons (Fsp3) is 0.714. The highest BCUT2D eigenvalue weighted by Gasteiger charge is 2.22. The van der Waals surface area contributed by atoms with Crippen LogP contribution in [0.5, 0.6) is 0 Å². The van der Waals surface area contributed by atoms with E-state index in [4.69, 9.17) is 0 Å². The fourth-order valence-corrected chi connectivity index (χ4v) is 2.72. The van der Waals surface area contributed by atoms with Gasteiger partial charge in [0.1, 0.15) is 5.78 Å². The van der Waals surface area contributed by atoms with Gasteiger partial charge in [-0.3, -0.25) is 4.79 Å². The van der Waals surface area contributed by atoms with E-state index in [0.717, 1.165) is 12.0 Å². The van der Waals surface area contributed by atoms with Crippen molar-refractivity contribution in [1.82, 2.24) is 0 Å². The number of Topliss-reactive ketones (excluding diaryl/α,β-unsaturated/α-hetero) is 1. The van der Waals surface area contributed by atoms with Crippen molar-refractivity contribution in [1.29, 1.82) is 0 Å². The molecule has 0 saturated carbocycles. The van der Waals surface area contributed by atoms with Crippen molar-refractivity contribution in [3.63, 3.8) is 0 Å². The molecular weight excluding hydrogens is 332 g/mol. The lowest BCUT2D eigenvalue weighted by Crippen LogP contribution is -2.27. The SMILES string of the molecule is COC(=O)CC/C(C)=C/[C@H](O)C[C@](C)(O)/C=C/[C@H](CCC(C)=O)C(C)C. The average molecular weight is 369 g/mol. The lowest BCUT2D eigenvalue weighted by atomic mass is 9.87. The van der Waals surface area contributed by atoms with Crippen LogP contribution in [0, 0.1) is 11.8 Å². The number of hydrogen-bond donors (Lipinski definition) is 2. The topological polar surface area (TPSA) is 83.8 Å². The zero-order chi connectivity index (χ0) is 20.3. The van der Waals surface area contributed by atoms with Crippen LogP contribution in [-0.2, 0) is 14.3 Å². The molecule has 0 bridgehead atoms. The van der Waals surface area contributed by atoms with Crippen molar-refractivity contribution in [2.24, 2.45) is 11.8 Å². The van der Waals surface area contributed by atoms with Crippen LogP contribution in [0.4, 0.5) is 0 Å². The summed E-state index contributed by atoms with van der Waals surface area (Å²) in [5.41, 5.74) is -0.272. The van der Waals surface area contributed by atoms with Gasteiger partial charge in [0, 0.05) is 19.3 Å². The molecule has 2 N–H and O–H groups in total. The first-order valence-corrected chi connectivity index (χ1v) is 9.30. The van der Waals surface area contributed by atoms with E-state index in [1.54, 1.807) is 26.0 Å². The third-order valence-electron chi connectivity index (χ3n) is 4.44. The van der Waals surface area contributed by atoms with E-state index in [0.29, 0.717) is 18.8 Å². The Hall–Kier alpha value is -1.46. The zero-order valence-corrected chi connectivity index (χ0v) is 17.1. The maximum atomic E-state index is 11.2. The Morgan fingerprint density at radius 1 is 1.15 bits per heavy atom. The second-order valence-corrected chi connectivity index (χ2v) is 7.73. The third-order valence-corrected chi connectivity index (χ3v) is 4.44. The maximum Gasteiger partial charge on any atom is 0.305 e. The minimum absolute atomic E-state index is 0.163. The molecule has 0 aromatic heterocycles. The predicted octanol–water partition coefficient (Wildman–Crippen LogP) is 3.59. The van der Waals surface area contributed by atoms with Crippen LogP contribution in [0.2, 0.25) is 0 Å². The number of allylic oxidation sites excluding steroid dienone is 2. The Morgan fingerprint density at radius 3 is 2.27 bits per heavy atom. The third kappa shape index (κ3) is 12.0. The second-order valence-electron chi connectivity index (χ2n) is 7.73. The Bertz CT molecular complexity index is 503. The molecule has 0 radical (unpaired) electrons. The molecule has 0 spiro atoms. The Labute approximate surface area is 158 Å². The summed E-state index contributed by atoms with van der Waals surface area (Å²) >= 11 is 0. The number of ether oxygens (including phenoxy) is 1. The van der Waals surface area contributed by atoms with Crippen LogP contribution in [0.15, 0.2) is 23.8 Å². The summed E-state index contributed by atoms with van der Waals surface area (Å²) in [5.74, 6) is 0.456. The minimum atomic E-state index is -1.15. The molecule has 0 aliphatic heterocycles. The normalized spacial score (nSPS) is 17.2. The number of aliphatic hydroxyl groups is 2. The van der Waals surface area contributed by atoms with Crippen LogP contribution in [0.3, 0.4) is 0 Å². The van der Waals surface area contributed by atoms with Gasteiger partial charge in [-0.05, 0) is 45.4 Å². The summed E-state index contributed by atoms with van der Waals surface area (Å²) in [4.78, 5) is 22.3. The molecule has 0 aliphatic carbocycles. The minimum Gasteiger partial charge on any atom is -0.469 e. The number of esters is 1. The summed E-state index contributed by atoms with van der Waals surface area (Å²) in [6.45, 7) is 9.26. The second kappa shape index (κ2) is 12.0. The molecular formula is C21H36O5. The summed E-state index contributed by atoms with van der Waals surface area (Å²) in [7, 11) is 1.35. The smallest absolute Gasteiger partial charge is 0.305 e. The molecule has 3 atom stereocenters. The molecule has 150 valence electrons. The van der Waals surface area contributed by atoms with Crippen molar-refractivity contribution < 1.29 is 24.5 Å². The predicted molar refractivity (Wildman–Crippen MR) is 104 cm³/mol. The standard InChI is InChI=1S/C21H36O5/c1-15(2)18(9-8-17(4)22)11-12-21(5,25)14-19(23)13-16(3)7-10-20(24)26-6/h11-13,15,18-19,23,25H,7-10,14H2,1-6H3/b12-11+,16-13+/t18-,19-,21+/m0/s1. The molecule has 5 nitrogen and oxygen atoms in total. The first kappa shape index (κ1) is 24.5. The van der Waals surface area contributed by atoms with Gasteiger partial charge in [-0.15, -0.1) is 0 Å². The van der Waals surface area contributed by atoms with Crippen LogP contribution >= 0.6 is 0 Å². The maximum absolute atomic E-state index is 11.2. The van der Waals surface area contributed by atoms with Gasteiger partial charge in [-0.25, -0.2) is 0 Å². The molecule has 0 amide bonds. The van der Waals surface area contributed by atoms with Crippen LogP contribution in [0.1, 0.15) is 66.7 Å². The largest absolute Gasteiger partial charge is 0.469 e. The number of aliphatic hydroxyl groups excluding tert-OH is 1. The van der Waals surface area contributed by atoms with Crippen LogP contribution in [-0.4, -0.2) is 40.8 Å². The number of carbonyl (C=O) groups is 2. The molecule has 0 aromatic carbocycles. The van der Waals surface area contributed by atoms with Crippen LogP contribution in [0.25, 0.3) is 0 Å². The first-order chi connectivity index (χ1) is 12.0. The van der Waals surface area contributed by atoms with Crippen LogP contribution < -0.4 is 0 Å². The van der Waals surface area contributed by atoms with Crippen molar-refractivity contribution in [2.75, 3.05) is 7.11 Å². The molecule has 0 aliphatic rings. The summed E-state index contributed by atoms with van der Waals surface area (Å²) in [6.07, 6.45) is 6.78. The van der Waals surface area contributed by atoms with E-state index in [9.17, 15) is 19.8 Å². The zero-order valence-electron chi connectivity index (χ0n) is 17.1. The number of hydrogen-bond acceptors (Lipinski definition) is 5. The van der Waals surface area contributed by atoms with Crippen molar-refractivity contribution in [3.8, 4) is 0 Å². The molecule has 0 saturated heterocycles. The molecule has 5 heteroatoms. The Morgan fingerprint density at radius 2 is 1.77 bits per heavy atom. The van der Waals surface area contributed by atoms with Crippen molar-refractivity contribution in [2.45, 2.75) is 78.4 Å². The van der Waals surface area contributed by atoms with E-state index in [-0.39, 0.29) is 30.5 Å². The highest BCUT2D eigenvalue weighted by molar-refractivity contribution is 5.75. The number of rotatable bonds is 12. The number of carbonyl (C=O) groups excluding carboxylic acids is 2. The lowest BCUT2D eigenvalue weighted by molar-refractivity contribution is -0.140. The quantitative estimate of drug-likeness (QED) is 0.406. The van der Waals surface area contributed by atoms with Gasteiger partial charge in [0.15, 0.2) is 0 Å². The molecule has 0 heterocycles. The Kier molecular flexibility index (Phi) is 11.3. The fourth-order valence-electron chi connectivity index (χ4n) is 2.72. The van der Waals surface area contributed by atoms with E-state index in [1.165, 1.54) is 7.11 Å². The van der Waals surface area contributed by atoms with Gasteiger partial charge in [0.05, 0.1) is 18.8 Å². The van der Waals surface area contributed by atoms with Gasteiger partial charge >= 0.3 is 5.97 Å². The van der Waals surface area contributed by atoms with Gasteiger partial charge in [-0.2, -0.15) is 0 Å². The highest BCUT2D eigenvalue weighted by Crippen LogP contribution is 2.23. The average Bonchev–Trinajstić information content (AvgIpc) is 2.50. The van der Waals surface area contributed by atoms with E-state index < -0.39 is 11.7 Å².